The van der Waals surface area contributed by atoms with E-state index in [1.807, 2.05) is 31.2 Å². The number of rotatable bonds is 3. The van der Waals surface area contributed by atoms with Crippen LogP contribution in [0.3, 0.4) is 0 Å². The van der Waals surface area contributed by atoms with E-state index >= 15 is 0 Å². The Balaban J connectivity index is 0.000000550. The molecule has 0 aliphatic heterocycles. The number of phenols is 1. The zero-order chi connectivity index (χ0) is 26.1. The van der Waals surface area contributed by atoms with Crippen LogP contribution in [0.25, 0.3) is 0 Å². The summed E-state index contributed by atoms with van der Waals surface area (Å²) in [5.41, 5.74) is 5.00. The van der Waals surface area contributed by atoms with Crippen LogP contribution in [-0.2, 0) is 20.0 Å². The summed E-state index contributed by atoms with van der Waals surface area (Å²) in [5.74, 6) is 0.398. The molecule has 5 heteroatoms. The molecule has 4 rings (SSSR count). The molecular formula is C32H41Cl2OSiTi. The van der Waals surface area contributed by atoms with Crippen LogP contribution in [0, 0.1) is 13.0 Å². The molecule has 0 spiro atoms. The van der Waals surface area contributed by atoms with Crippen molar-refractivity contribution >= 4 is 41.9 Å². The predicted molar refractivity (Wildman–Crippen MR) is 166 cm³/mol. The Morgan fingerprint density at radius 2 is 1.32 bits per heavy atom. The molecule has 0 bridgehead atoms. The van der Waals surface area contributed by atoms with Gasteiger partial charge in [-0.3, -0.25) is 6.08 Å². The molecule has 3 aromatic carbocycles. The first-order valence-corrected chi connectivity index (χ1v) is 15.9. The minimum atomic E-state index is -1.50. The number of phenolic OH excluding ortho intramolecular Hbond substituents is 1. The predicted octanol–water partition coefficient (Wildman–Crippen LogP) is 8.76. The second kappa shape index (κ2) is 16.3. The average molecular weight is 589 g/mol. The van der Waals surface area contributed by atoms with Crippen molar-refractivity contribution in [1.82, 2.24) is 0 Å². The first-order valence-electron chi connectivity index (χ1n) is 12.2. The second-order valence-corrected chi connectivity index (χ2v) is 16.6. The Morgan fingerprint density at radius 3 is 1.65 bits per heavy atom. The van der Waals surface area contributed by atoms with Gasteiger partial charge in [0.15, 0.2) is 0 Å². The van der Waals surface area contributed by atoms with Crippen molar-refractivity contribution in [2.45, 2.75) is 59.2 Å². The Morgan fingerprint density at radius 1 is 0.838 bits per heavy atom. The molecule has 0 amide bonds. The normalized spacial score (nSPS) is 12.0. The van der Waals surface area contributed by atoms with Crippen molar-refractivity contribution in [2.24, 2.45) is 0 Å². The van der Waals surface area contributed by atoms with Gasteiger partial charge in [0.1, 0.15) is 5.75 Å². The third-order valence-electron chi connectivity index (χ3n) is 6.65. The molecule has 197 valence electrons. The van der Waals surface area contributed by atoms with E-state index in [0.29, 0.717) is 10.8 Å². The van der Waals surface area contributed by atoms with Crippen LogP contribution < -0.4 is 5.19 Å². The van der Waals surface area contributed by atoms with Crippen LogP contribution in [-0.4, -0.2) is 17.0 Å². The molecule has 1 aliphatic rings. The van der Waals surface area contributed by atoms with Gasteiger partial charge in [0.05, 0.1) is 8.07 Å². The van der Waals surface area contributed by atoms with Gasteiger partial charge in [-0.2, -0.15) is 6.08 Å². The van der Waals surface area contributed by atoms with Crippen molar-refractivity contribution in [1.29, 1.82) is 0 Å². The van der Waals surface area contributed by atoms with Crippen LogP contribution in [0.4, 0.5) is 0 Å². The van der Waals surface area contributed by atoms with Gasteiger partial charge in [0, 0.05) is 0 Å². The second-order valence-electron chi connectivity index (χ2n) is 10.5. The molecule has 0 aromatic heterocycles. The van der Waals surface area contributed by atoms with Gasteiger partial charge in [-0.15, -0.1) is 31.2 Å². The summed E-state index contributed by atoms with van der Waals surface area (Å²) in [6.07, 6.45) is 8.33. The Labute approximate surface area is 249 Å². The monoisotopic (exact) mass is 587 g/mol. The van der Waals surface area contributed by atoms with Crippen LogP contribution in [0.2, 0.25) is 18.1 Å². The van der Waals surface area contributed by atoms with Crippen molar-refractivity contribution in [2.75, 3.05) is 0 Å². The molecule has 1 aliphatic carbocycles. The maximum atomic E-state index is 9.65. The van der Waals surface area contributed by atoms with Crippen molar-refractivity contribution < 1.29 is 25.1 Å². The summed E-state index contributed by atoms with van der Waals surface area (Å²) >= 11 is 2.16. The fraction of sp³-hybridized carbons (Fsp3) is 0.281. The maximum absolute atomic E-state index is 9.65. The molecule has 0 saturated heterocycles. The molecule has 0 saturated carbocycles. The molecule has 0 unspecified atom stereocenters. The van der Waals surface area contributed by atoms with E-state index < -0.39 is 8.07 Å². The van der Waals surface area contributed by atoms with Gasteiger partial charge >= 0.3 is 95.6 Å². The summed E-state index contributed by atoms with van der Waals surface area (Å²) in [6.45, 7) is 15.7. The van der Waals surface area contributed by atoms with Gasteiger partial charge < -0.3 is 5.11 Å². The third-order valence-corrected chi connectivity index (χ3v) is 13.0. The van der Waals surface area contributed by atoms with Crippen molar-refractivity contribution in [3.63, 3.8) is 0 Å². The van der Waals surface area contributed by atoms with Gasteiger partial charge in [-0.05, 0) is 29.7 Å². The molecule has 0 heterocycles. The van der Waals surface area contributed by atoms with Crippen LogP contribution >= 0.6 is 24.8 Å². The summed E-state index contributed by atoms with van der Waals surface area (Å²) in [5, 5.41) is 11.3. The standard InChI is InChI=1S/C13H22OSi.C13H10.C6H7.2ClH.Ti/c1-10-7-11(14)9-12(8-10)15(5,6)13(2,3)4;1-3-7-12(8-4-1)11-13-9-5-2-6-10-13;1-6-4-2-3-5-6;;;/h7-9,14H,1-6H3;1-10H;2,4H,3H2,1H3;2*1H;/q;;-1;;;+1. The average Bonchev–Trinajstić information content (AvgIpc) is 3.30. The van der Waals surface area contributed by atoms with E-state index in [4.69, 9.17) is 0 Å². The van der Waals surface area contributed by atoms with Gasteiger partial charge in [-0.25, -0.2) is 11.6 Å². The van der Waals surface area contributed by atoms with Gasteiger partial charge in [0.2, 0.25) is 0 Å². The van der Waals surface area contributed by atoms with E-state index in [0.717, 1.165) is 12.0 Å². The first-order chi connectivity index (χ1) is 16.4. The molecule has 3 aromatic rings. The zero-order valence-corrected chi connectivity index (χ0v) is 27.3. The van der Waals surface area contributed by atoms with Crippen molar-refractivity contribution in [3.05, 3.63) is 119 Å². The Bertz CT molecular complexity index is 1100. The van der Waals surface area contributed by atoms with Crippen LogP contribution in [0.5, 0.6) is 5.75 Å². The zero-order valence-electron chi connectivity index (χ0n) is 23.1. The molecule has 0 fully saturated rings. The summed E-state index contributed by atoms with van der Waals surface area (Å²) in [4.78, 5) is 0. The quantitative estimate of drug-likeness (QED) is 0.240. The molecule has 37 heavy (non-hydrogen) atoms. The number of hydrogen-bond donors (Lipinski definition) is 1. The van der Waals surface area contributed by atoms with Gasteiger partial charge in [0.25, 0.3) is 0 Å². The van der Waals surface area contributed by atoms with Crippen molar-refractivity contribution in [3.8, 4) is 5.75 Å². The van der Waals surface area contributed by atoms with E-state index in [-0.39, 0.29) is 24.8 Å². The van der Waals surface area contributed by atoms with E-state index in [2.05, 4.69) is 134 Å². The first kappa shape index (κ1) is 35.3. The number of halogens is 2. The molecule has 1 nitrogen and oxygen atoms in total. The van der Waals surface area contributed by atoms with Gasteiger partial charge in [-0.1, -0.05) is 52.0 Å². The summed E-state index contributed by atoms with van der Waals surface area (Å²) < 4.78 is 1.33. The third kappa shape index (κ3) is 11.3. The number of hydrogen-bond acceptors (Lipinski definition) is 1. The summed E-state index contributed by atoms with van der Waals surface area (Å²) in [7, 11) is -1.50. The van der Waals surface area contributed by atoms with Crippen LogP contribution in [0.15, 0.2) is 96.6 Å². The fourth-order valence-corrected chi connectivity index (χ4v) is 5.93. The van der Waals surface area contributed by atoms with Crippen LogP contribution in [0.1, 0.15) is 50.8 Å². The van der Waals surface area contributed by atoms with E-state index in [1.165, 1.54) is 25.7 Å². The Kier molecular flexibility index (Phi) is 15.6. The Hall–Kier alpha value is -1.68. The summed E-state index contributed by atoms with van der Waals surface area (Å²) in [6, 6.07) is 26.9. The molecule has 1 N–H and O–H groups in total. The fourth-order valence-electron chi connectivity index (χ4n) is 3.45. The van der Waals surface area contributed by atoms with E-state index in [9.17, 15) is 5.11 Å². The SMILES string of the molecule is CC1=[C-]CC=C1.Cc1cc(O)cc([Si](C)(C)C(C)(C)C)c1.Cl.Cl.[Ti+]=[C](c1ccccc1)c1ccccc1. The number of benzene rings is 3. The number of allylic oxidation sites excluding steroid dienone is 4. The topological polar surface area (TPSA) is 20.2 Å². The number of aromatic hydroxyl groups is 1. The molecule has 0 atom stereocenters. The number of aryl methyl sites for hydroxylation is 1. The molecule has 0 radical (unpaired) electrons. The minimum absolute atomic E-state index is 0. The van der Waals surface area contributed by atoms with E-state index in [1.54, 1.807) is 0 Å². The molecular weight excluding hydrogens is 547 g/mol.